The molecule has 21 heavy (non-hydrogen) atoms. The molecule has 3 nitrogen and oxygen atoms in total. The van der Waals surface area contributed by atoms with E-state index in [1.54, 1.807) is 12.1 Å². The molecule has 0 bridgehead atoms. The van der Waals surface area contributed by atoms with Crippen molar-refractivity contribution in [3.8, 4) is 0 Å². The zero-order valence-corrected chi connectivity index (χ0v) is 12.9. The highest BCUT2D eigenvalue weighted by Gasteiger charge is 2.29. The van der Waals surface area contributed by atoms with Crippen LogP contribution >= 0.6 is 0 Å². The normalized spacial score (nSPS) is 19.8. The fourth-order valence-corrected chi connectivity index (χ4v) is 4.52. The second-order valence-corrected chi connectivity index (χ2v) is 7.43. The Morgan fingerprint density at radius 3 is 2.62 bits per heavy atom. The fraction of sp³-hybridized carbons (Fsp3) is 0.294. The Labute approximate surface area is 125 Å². The van der Waals surface area contributed by atoms with Gasteiger partial charge in [0.2, 0.25) is 0 Å². The van der Waals surface area contributed by atoms with Gasteiger partial charge in [0.25, 0.3) is 0 Å². The van der Waals surface area contributed by atoms with Gasteiger partial charge in [0.05, 0.1) is 16.7 Å². The summed E-state index contributed by atoms with van der Waals surface area (Å²) in [4.78, 5) is 0.475. The lowest BCUT2D eigenvalue weighted by atomic mass is 10.0. The van der Waals surface area contributed by atoms with E-state index < -0.39 is 9.84 Å². The smallest absolute Gasteiger partial charge is 0.178 e. The minimum absolute atomic E-state index is 0.0532. The molecule has 2 aromatic carbocycles. The van der Waals surface area contributed by atoms with Crippen LogP contribution in [-0.4, -0.2) is 14.2 Å². The summed E-state index contributed by atoms with van der Waals surface area (Å²) < 4.78 is 24.3. The van der Waals surface area contributed by atoms with Gasteiger partial charge in [0, 0.05) is 5.69 Å². The average Bonchev–Trinajstić information content (AvgIpc) is 2.51. The second kappa shape index (κ2) is 5.53. The van der Waals surface area contributed by atoms with Crippen molar-refractivity contribution in [1.82, 2.24) is 0 Å². The van der Waals surface area contributed by atoms with Crippen molar-refractivity contribution in [2.24, 2.45) is 0 Å². The number of sulfone groups is 1. The topological polar surface area (TPSA) is 46.2 Å². The predicted molar refractivity (Wildman–Crippen MR) is 85.3 cm³/mol. The van der Waals surface area contributed by atoms with Gasteiger partial charge in [-0.15, -0.1) is 0 Å². The molecule has 0 amide bonds. The molecule has 110 valence electrons. The maximum Gasteiger partial charge on any atom is 0.178 e. The number of aryl methyl sites for hydroxylation is 1. The lowest BCUT2D eigenvalue weighted by Gasteiger charge is -2.28. The number of hydrogen-bond acceptors (Lipinski definition) is 3. The van der Waals surface area contributed by atoms with Crippen molar-refractivity contribution >= 4 is 15.5 Å². The molecule has 0 saturated heterocycles. The lowest BCUT2D eigenvalue weighted by molar-refractivity contribution is 0.576. The van der Waals surface area contributed by atoms with Crippen molar-refractivity contribution in [2.75, 3.05) is 11.1 Å². The minimum atomic E-state index is -3.12. The Balaban J connectivity index is 1.98. The van der Waals surface area contributed by atoms with Crippen molar-refractivity contribution < 1.29 is 8.42 Å². The summed E-state index contributed by atoms with van der Waals surface area (Å²) in [7, 11) is -3.12. The van der Waals surface area contributed by atoms with Crippen LogP contribution in [0.25, 0.3) is 0 Å². The first-order chi connectivity index (χ1) is 10.1. The van der Waals surface area contributed by atoms with Crippen LogP contribution in [0.3, 0.4) is 0 Å². The van der Waals surface area contributed by atoms with Gasteiger partial charge in [-0.05, 0) is 36.1 Å². The quantitative estimate of drug-likeness (QED) is 0.942. The van der Waals surface area contributed by atoms with E-state index in [1.165, 1.54) is 5.56 Å². The molecule has 1 aliphatic heterocycles. The first kappa shape index (κ1) is 14.1. The number of fused-ring (bicyclic) bond motifs is 1. The van der Waals surface area contributed by atoms with Crippen LogP contribution in [0.4, 0.5) is 5.69 Å². The minimum Gasteiger partial charge on any atom is -0.378 e. The number of rotatable bonds is 3. The highest BCUT2D eigenvalue weighted by atomic mass is 32.2. The van der Waals surface area contributed by atoms with E-state index >= 15 is 0 Å². The molecule has 1 heterocycles. The Kier molecular flexibility index (Phi) is 3.72. The standard InChI is InChI=1S/C17H19NO2S/c1-2-13-7-3-5-9-15(13)18-16-11-12-21(19,20)17-10-6-4-8-14(16)17/h3-10,16,18H,2,11-12H2,1H3. The van der Waals surface area contributed by atoms with E-state index in [2.05, 4.69) is 24.4 Å². The number of benzene rings is 2. The van der Waals surface area contributed by atoms with E-state index in [4.69, 9.17) is 0 Å². The molecule has 0 radical (unpaired) electrons. The Morgan fingerprint density at radius 2 is 1.81 bits per heavy atom. The van der Waals surface area contributed by atoms with Crippen LogP contribution in [0.5, 0.6) is 0 Å². The highest BCUT2D eigenvalue weighted by molar-refractivity contribution is 7.91. The molecule has 0 aromatic heterocycles. The van der Waals surface area contributed by atoms with Crippen LogP contribution in [0.2, 0.25) is 0 Å². The zero-order chi connectivity index (χ0) is 14.9. The molecule has 1 atom stereocenters. The molecule has 4 heteroatoms. The van der Waals surface area contributed by atoms with Crippen molar-refractivity contribution in [2.45, 2.75) is 30.7 Å². The van der Waals surface area contributed by atoms with Gasteiger partial charge in [0.15, 0.2) is 9.84 Å². The number of hydrogen-bond donors (Lipinski definition) is 1. The van der Waals surface area contributed by atoms with Crippen molar-refractivity contribution in [1.29, 1.82) is 0 Å². The summed E-state index contributed by atoms with van der Waals surface area (Å²) in [6.45, 7) is 2.12. The monoisotopic (exact) mass is 301 g/mol. The first-order valence-electron chi connectivity index (χ1n) is 7.28. The van der Waals surface area contributed by atoms with Gasteiger partial charge in [-0.25, -0.2) is 8.42 Å². The van der Waals surface area contributed by atoms with Crippen LogP contribution in [0, 0.1) is 0 Å². The van der Waals surface area contributed by atoms with Gasteiger partial charge < -0.3 is 5.32 Å². The predicted octanol–water partition coefficient (Wildman–Crippen LogP) is 3.58. The fourth-order valence-electron chi connectivity index (χ4n) is 2.90. The van der Waals surface area contributed by atoms with Gasteiger partial charge in [-0.2, -0.15) is 0 Å². The number of nitrogens with one attached hydrogen (secondary N) is 1. The van der Waals surface area contributed by atoms with Crippen molar-refractivity contribution in [3.63, 3.8) is 0 Å². The number of anilines is 1. The van der Waals surface area contributed by atoms with Crippen LogP contribution < -0.4 is 5.32 Å². The molecular weight excluding hydrogens is 282 g/mol. The van der Waals surface area contributed by atoms with Crippen molar-refractivity contribution in [3.05, 3.63) is 59.7 Å². The summed E-state index contributed by atoms with van der Waals surface area (Å²) in [6.07, 6.45) is 1.56. The van der Waals surface area contributed by atoms with E-state index in [0.29, 0.717) is 11.3 Å². The average molecular weight is 301 g/mol. The number of para-hydroxylation sites is 1. The van der Waals surface area contributed by atoms with Crippen LogP contribution in [0.15, 0.2) is 53.4 Å². The Hall–Kier alpha value is -1.81. The molecule has 1 N–H and O–H groups in total. The summed E-state index contributed by atoms with van der Waals surface area (Å²) in [5.41, 5.74) is 3.23. The third-order valence-corrected chi connectivity index (χ3v) is 5.85. The molecule has 2 aromatic rings. The molecule has 1 unspecified atom stereocenters. The van der Waals surface area contributed by atoms with E-state index in [1.807, 2.05) is 24.3 Å². The third-order valence-electron chi connectivity index (χ3n) is 4.03. The summed E-state index contributed by atoms with van der Waals surface area (Å²) in [5, 5.41) is 3.53. The van der Waals surface area contributed by atoms with Gasteiger partial charge in [0.1, 0.15) is 0 Å². The molecule has 0 spiro atoms. The molecule has 0 fully saturated rings. The molecular formula is C17H19NO2S. The maximum absolute atomic E-state index is 12.2. The van der Waals surface area contributed by atoms with E-state index in [-0.39, 0.29) is 11.8 Å². The molecule has 3 rings (SSSR count). The SMILES string of the molecule is CCc1ccccc1NC1CCS(=O)(=O)c2ccccc21. The summed E-state index contributed by atoms with van der Waals surface area (Å²) in [6, 6.07) is 15.6. The van der Waals surface area contributed by atoms with Gasteiger partial charge >= 0.3 is 0 Å². The first-order valence-corrected chi connectivity index (χ1v) is 8.93. The third kappa shape index (κ3) is 2.68. The lowest BCUT2D eigenvalue weighted by Crippen LogP contribution is -2.24. The highest BCUT2D eigenvalue weighted by Crippen LogP contribution is 2.34. The zero-order valence-electron chi connectivity index (χ0n) is 12.0. The molecule has 0 saturated carbocycles. The summed E-state index contributed by atoms with van der Waals surface area (Å²) >= 11 is 0. The second-order valence-electron chi connectivity index (χ2n) is 5.35. The molecule has 0 aliphatic carbocycles. The maximum atomic E-state index is 12.2. The van der Waals surface area contributed by atoms with Gasteiger partial charge in [-0.3, -0.25) is 0 Å². The largest absolute Gasteiger partial charge is 0.378 e. The van der Waals surface area contributed by atoms with Crippen LogP contribution in [0.1, 0.15) is 30.5 Å². The van der Waals surface area contributed by atoms with E-state index in [9.17, 15) is 8.42 Å². The van der Waals surface area contributed by atoms with Gasteiger partial charge in [-0.1, -0.05) is 43.3 Å². The molecule has 1 aliphatic rings. The summed E-state index contributed by atoms with van der Waals surface area (Å²) in [5.74, 6) is 0.204. The Bertz CT molecular complexity index is 753. The Morgan fingerprint density at radius 1 is 1.10 bits per heavy atom. The van der Waals surface area contributed by atoms with E-state index in [0.717, 1.165) is 17.7 Å². The van der Waals surface area contributed by atoms with Crippen LogP contribution in [-0.2, 0) is 16.3 Å².